The number of morpholine rings is 1. The average molecular weight is 528 g/mol. The van der Waals surface area contributed by atoms with Gasteiger partial charge in [0.05, 0.1) is 35.4 Å². The number of hydrogen-bond donors (Lipinski definition) is 1. The quantitative estimate of drug-likeness (QED) is 0.204. The van der Waals surface area contributed by atoms with E-state index in [0.717, 1.165) is 43.4 Å². The average Bonchev–Trinajstić information content (AvgIpc) is 3.59. The van der Waals surface area contributed by atoms with Crippen LogP contribution in [-0.4, -0.2) is 41.3 Å². The Hall–Kier alpha value is -4.28. The topological polar surface area (TPSA) is 96.9 Å². The van der Waals surface area contributed by atoms with E-state index in [0.29, 0.717) is 22.2 Å². The lowest BCUT2D eigenvalue weighted by Gasteiger charge is -2.30. The molecule has 2 aromatic carbocycles. The van der Waals surface area contributed by atoms with E-state index >= 15 is 0 Å². The van der Waals surface area contributed by atoms with Crippen LogP contribution in [0, 0.1) is 10.1 Å². The van der Waals surface area contributed by atoms with Crippen LogP contribution in [-0.2, 0) is 4.74 Å². The summed E-state index contributed by atoms with van der Waals surface area (Å²) in [5.74, 6) is 1.05. The molecule has 0 saturated carbocycles. The fourth-order valence-electron chi connectivity index (χ4n) is 5.07. The molecule has 0 unspecified atom stereocenters. The molecule has 0 bridgehead atoms. The SMILES string of the molecule is O=[N+]([O-])c1ccccc1-c1ccc([C@H]2[C@@H](c3ccccn3)NC(=S)N2c2ccc(N3CCOCC3)cc2)o1. The molecule has 10 heteroatoms. The zero-order valence-corrected chi connectivity index (χ0v) is 21.2. The molecule has 0 amide bonds. The van der Waals surface area contributed by atoms with Gasteiger partial charge in [0.25, 0.3) is 5.69 Å². The summed E-state index contributed by atoms with van der Waals surface area (Å²) in [5, 5.41) is 15.6. The summed E-state index contributed by atoms with van der Waals surface area (Å²) >= 11 is 5.82. The number of hydrogen-bond acceptors (Lipinski definition) is 7. The zero-order chi connectivity index (χ0) is 26.1. The third kappa shape index (κ3) is 4.48. The Morgan fingerprint density at radius 2 is 1.68 bits per heavy atom. The molecule has 0 radical (unpaired) electrons. The van der Waals surface area contributed by atoms with Gasteiger partial charge in [-0.05, 0) is 66.8 Å². The minimum absolute atomic E-state index is 0.00898. The number of aromatic nitrogens is 1. The van der Waals surface area contributed by atoms with E-state index < -0.39 is 4.92 Å². The van der Waals surface area contributed by atoms with Crippen LogP contribution in [0.1, 0.15) is 23.5 Å². The summed E-state index contributed by atoms with van der Waals surface area (Å²) < 4.78 is 11.8. The molecule has 2 aliphatic heterocycles. The van der Waals surface area contributed by atoms with Crippen molar-refractivity contribution in [3.63, 3.8) is 0 Å². The Balaban J connectivity index is 1.39. The third-order valence-electron chi connectivity index (χ3n) is 6.89. The Morgan fingerprint density at radius 3 is 2.42 bits per heavy atom. The maximum Gasteiger partial charge on any atom is 0.280 e. The molecule has 2 aliphatic rings. The van der Waals surface area contributed by atoms with E-state index in [4.69, 9.17) is 21.4 Å². The van der Waals surface area contributed by atoms with Crippen LogP contribution in [0.4, 0.5) is 17.1 Å². The highest BCUT2D eigenvalue weighted by molar-refractivity contribution is 7.80. The smallest absolute Gasteiger partial charge is 0.280 e. The van der Waals surface area contributed by atoms with Crippen LogP contribution in [0.15, 0.2) is 89.5 Å². The standard InChI is InChI=1S/C28H25N5O4S/c34-33(35)23-7-2-1-5-21(23)24-12-13-25(37-24)27-26(22-6-3-4-14-29-22)30-28(38)32(27)20-10-8-19(9-11-20)31-15-17-36-18-16-31/h1-14,26-27H,15-18H2,(H,30,38)/t26-,27+/m1/s1. The first kappa shape index (κ1) is 24.1. The minimum atomic E-state index is -0.400. The van der Waals surface area contributed by atoms with E-state index in [9.17, 15) is 10.1 Å². The molecule has 38 heavy (non-hydrogen) atoms. The lowest BCUT2D eigenvalue weighted by molar-refractivity contribution is -0.384. The van der Waals surface area contributed by atoms with E-state index in [1.54, 1.807) is 30.5 Å². The Labute approximate surface area is 224 Å². The van der Waals surface area contributed by atoms with Crippen molar-refractivity contribution in [3.8, 4) is 11.3 Å². The lowest BCUT2D eigenvalue weighted by atomic mass is 10.0. The third-order valence-corrected chi connectivity index (χ3v) is 7.20. The normalized spacial score (nSPS) is 19.4. The second kappa shape index (κ2) is 10.2. The molecule has 2 saturated heterocycles. The van der Waals surface area contributed by atoms with Gasteiger partial charge in [0.1, 0.15) is 17.6 Å². The van der Waals surface area contributed by atoms with Crippen LogP contribution in [0.2, 0.25) is 0 Å². The summed E-state index contributed by atoms with van der Waals surface area (Å²) in [6.07, 6.45) is 1.75. The van der Waals surface area contributed by atoms with E-state index in [1.807, 2.05) is 29.2 Å². The summed E-state index contributed by atoms with van der Waals surface area (Å²) in [4.78, 5) is 20.1. The summed E-state index contributed by atoms with van der Waals surface area (Å²) in [6, 6.07) is 23.6. The van der Waals surface area contributed by atoms with Gasteiger partial charge in [0, 0.05) is 36.7 Å². The van der Waals surface area contributed by atoms with Gasteiger partial charge >= 0.3 is 0 Å². The Kier molecular flexibility index (Phi) is 6.48. The predicted octanol–water partition coefficient (Wildman–Crippen LogP) is 5.26. The number of para-hydroxylation sites is 1. The molecule has 6 rings (SSSR count). The molecule has 1 N–H and O–H groups in total. The molecular formula is C28H25N5O4S. The summed E-state index contributed by atoms with van der Waals surface area (Å²) in [6.45, 7) is 3.15. The van der Waals surface area contributed by atoms with Crippen molar-refractivity contribution in [2.24, 2.45) is 0 Å². The van der Waals surface area contributed by atoms with Crippen molar-refractivity contribution in [2.75, 3.05) is 36.1 Å². The van der Waals surface area contributed by atoms with E-state index in [2.05, 4.69) is 39.5 Å². The van der Waals surface area contributed by atoms with Crippen LogP contribution in [0.3, 0.4) is 0 Å². The fraction of sp³-hybridized carbons (Fsp3) is 0.214. The Morgan fingerprint density at radius 1 is 0.947 bits per heavy atom. The molecule has 0 spiro atoms. The highest BCUT2D eigenvalue weighted by Crippen LogP contribution is 2.44. The van der Waals surface area contributed by atoms with Crippen molar-refractivity contribution in [1.82, 2.24) is 10.3 Å². The van der Waals surface area contributed by atoms with Gasteiger partial charge in [-0.2, -0.15) is 0 Å². The Bertz CT molecular complexity index is 1450. The van der Waals surface area contributed by atoms with Crippen LogP contribution < -0.4 is 15.1 Å². The van der Waals surface area contributed by atoms with Crippen LogP contribution in [0.25, 0.3) is 11.3 Å². The minimum Gasteiger partial charge on any atom is -0.459 e. The van der Waals surface area contributed by atoms with Gasteiger partial charge in [-0.3, -0.25) is 15.1 Å². The van der Waals surface area contributed by atoms with Crippen molar-refractivity contribution in [2.45, 2.75) is 12.1 Å². The number of nitro groups is 1. The van der Waals surface area contributed by atoms with Gasteiger partial charge in [-0.15, -0.1) is 0 Å². The second-order valence-corrected chi connectivity index (χ2v) is 9.48. The largest absolute Gasteiger partial charge is 0.459 e. The number of benzene rings is 2. The molecule has 4 heterocycles. The highest BCUT2D eigenvalue weighted by atomic mass is 32.1. The van der Waals surface area contributed by atoms with Crippen molar-refractivity contribution >= 4 is 34.4 Å². The van der Waals surface area contributed by atoms with Gasteiger partial charge in [0.15, 0.2) is 5.11 Å². The first-order valence-electron chi connectivity index (χ1n) is 12.4. The molecule has 2 fully saturated rings. The van der Waals surface area contributed by atoms with Crippen molar-refractivity contribution < 1.29 is 14.1 Å². The maximum atomic E-state index is 11.6. The van der Waals surface area contributed by atoms with Gasteiger partial charge in [-0.1, -0.05) is 18.2 Å². The number of ether oxygens (including phenoxy) is 1. The highest BCUT2D eigenvalue weighted by Gasteiger charge is 2.42. The molecule has 9 nitrogen and oxygen atoms in total. The first-order chi connectivity index (χ1) is 18.6. The summed E-state index contributed by atoms with van der Waals surface area (Å²) in [5.41, 5.74) is 3.27. The van der Waals surface area contributed by atoms with Gasteiger partial charge in [0.2, 0.25) is 0 Å². The fourth-order valence-corrected chi connectivity index (χ4v) is 5.41. The van der Waals surface area contributed by atoms with Gasteiger partial charge < -0.3 is 24.3 Å². The molecular weight excluding hydrogens is 502 g/mol. The van der Waals surface area contributed by atoms with Crippen molar-refractivity contribution in [1.29, 1.82) is 0 Å². The summed E-state index contributed by atoms with van der Waals surface area (Å²) in [7, 11) is 0. The monoisotopic (exact) mass is 527 g/mol. The molecule has 4 aromatic rings. The number of thiocarbonyl (C=S) groups is 1. The van der Waals surface area contributed by atoms with Crippen LogP contribution in [0.5, 0.6) is 0 Å². The number of nitrogens with zero attached hydrogens (tertiary/aromatic N) is 4. The maximum absolute atomic E-state index is 11.6. The molecule has 192 valence electrons. The molecule has 2 atom stereocenters. The molecule has 2 aromatic heterocycles. The number of pyridine rings is 1. The number of nitro benzene ring substituents is 1. The zero-order valence-electron chi connectivity index (χ0n) is 20.4. The first-order valence-corrected chi connectivity index (χ1v) is 12.8. The van der Waals surface area contributed by atoms with E-state index in [1.165, 1.54) is 6.07 Å². The van der Waals surface area contributed by atoms with Crippen LogP contribution >= 0.6 is 12.2 Å². The molecule has 0 aliphatic carbocycles. The second-order valence-electron chi connectivity index (χ2n) is 9.09. The number of nitrogens with one attached hydrogen (secondary N) is 1. The van der Waals surface area contributed by atoms with Gasteiger partial charge in [-0.25, -0.2) is 0 Å². The lowest BCUT2D eigenvalue weighted by Crippen LogP contribution is -2.36. The number of furan rings is 1. The van der Waals surface area contributed by atoms with Crippen molar-refractivity contribution in [3.05, 3.63) is 107 Å². The number of anilines is 2. The van der Waals surface area contributed by atoms with E-state index in [-0.39, 0.29) is 17.8 Å². The number of rotatable bonds is 6. The predicted molar refractivity (Wildman–Crippen MR) is 148 cm³/mol.